The third kappa shape index (κ3) is 7.90. The normalized spacial score (nSPS) is 19.5. The Morgan fingerprint density at radius 1 is 1.05 bits per heavy atom. The number of rotatable bonds is 6. The predicted octanol–water partition coefficient (Wildman–Crippen LogP) is 6.38. The quantitative estimate of drug-likeness (QED) is 0.383. The van der Waals surface area contributed by atoms with Crippen molar-refractivity contribution < 1.29 is 45.4 Å². The second-order valence-electron chi connectivity index (χ2n) is 10.5. The van der Waals surface area contributed by atoms with E-state index in [0.717, 1.165) is 4.90 Å². The molecular formula is C28H32F7N3O3. The van der Waals surface area contributed by atoms with Gasteiger partial charge < -0.3 is 20.2 Å². The van der Waals surface area contributed by atoms with Crippen molar-refractivity contribution in [2.75, 3.05) is 13.6 Å². The number of hydrogen-bond acceptors (Lipinski definition) is 3. The molecule has 0 saturated carbocycles. The van der Waals surface area contributed by atoms with Gasteiger partial charge >= 0.3 is 18.4 Å². The first-order chi connectivity index (χ1) is 18.9. The lowest BCUT2D eigenvalue weighted by molar-refractivity contribution is -0.143. The fraction of sp³-hybridized carbons (Fsp3) is 0.500. The summed E-state index contributed by atoms with van der Waals surface area (Å²) in [5.41, 5.74) is -2.22. The summed E-state index contributed by atoms with van der Waals surface area (Å²) in [6, 6.07) is 2.29. The maximum atomic E-state index is 13.9. The molecule has 0 bridgehead atoms. The maximum absolute atomic E-state index is 13.9. The van der Waals surface area contributed by atoms with Crippen LogP contribution in [0.15, 0.2) is 36.4 Å². The highest BCUT2D eigenvalue weighted by molar-refractivity contribution is 5.77. The van der Waals surface area contributed by atoms with Crippen LogP contribution in [0, 0.1) is 12.7 Å². The first kappa shape index (κ1) is 32.2. The Balaban J connectivity index is 1.94. The number of nitrogens with one attached hydrogen (secondary N) is 1. The highest BCUT2D eigenvalue weighted by atomic mass is 19.4. The number of benzene rings is 2. The van der Waals surface area contributed by atoms with Gasteiger partial charge in [0.25, 0.3) is 0 Å². The molecule has 4 atom stereocenters. The minimum atomic E-state index is -5.04. The molecular weight excluding hydrogens is 559 g/mol. The van der Waals surface area contributed by atoms with Crippen LogP contribution >= 0.6 is 0 Å². The maximum Gasteiger partial charge on any atom is 0.416 e. The second-order valence-corrected chi connectivity index (χ2v) is 10.5. The standard InChI is InChI=1S/C28H32F7N3O3/c1-15-9-21(29)5-6-23(15)24-14-22(36-25(40)10-16(2)39)7-8-38(24)26(41)37(4)17(3)18-11-19(27(30,31)32)13-20(12-18)28(33,34)35/h5-6,9,11-13,16-17,22,24,39H,7-8,10,14H2,1-4H3,(H,36,40)/t16-,17+,22+,24-/m1/s1. The van der Waals surface area contributed by atoms with E-state index in [1.807, 2.05) is 0 Å². The van der Waals surface area contributed by atoms with Gasteiger partial charge in [-0.2, -0.15) is 26.3 Å². The van der Waals surface area contributed by atoms with Gasteiger partial charge in [0.15, 0.2) is 0 Å². The zero-order valence-corrected chi connectivity index (χ0v) is 22.9. The fourth-order valence-electron chi connectivity index (χ4n) is 5.00. The molecule has 0 aromatic heterocycles. The van der Waals surface area contributed by atoms with Gasteiger partial charge in [0.05, 0.1) is 35.7 Å². The number of aryl methyl sites for hydroxylation is 1. The number of carbonyl (C=O) groups is 2. The molecule has 13 heteroatoms. The van der Waals surface area contributed by atoms with Gasteiger partial charge in [0, 0.05) is 19.6 Å². The van der Waals surface area contributed by atoms with Crippen LogP contribution in [-0.4, -0.2) is 52.6 Å². The van der Waals surface area contributed by atoms with E-state index in [9.17, 15) is 45.4 Å². The van der Waals surface area contributed by atoms with Gasteiger partial charge in [-0.1, -0.05) is 6.07 Å². The molecule has 2 aromatic carbocycles. The van der Waals surface area contributed by atoms with Gasteiger partial charge in [-0.15, -0.1) is 0 Å². The van der Waals surface area contributed by atoms with Crippen LogP contribution in [0.5, 0.6) is 0 Å². The monoisotopic (exact) mass is 591 g/mol. The molecule has 0 unspecified atom stereocenters. The molecule has 0 aliphatic carbocycles. The molecule has 41 heavy (non-hydrogen) atoms. The summed E-state index contributed by atoms with van der Waals surface area (Å²) >= 11 is 0. The zero-order chi connectivity index (χ0) is 30.9. The molecule has 2 aromatic rings. The minimum absolute atomic E-state index is 0.0298. The lowest BCUT2D eigenvalue weighted by Gasteiger charge is -2.43. The zero-order valence-electron chi connectivity index (χ0n) is 22.9. The Morgan fingerprint density at radius 2 is 1.63 bits per heavy atom. The lowest BCUT2D eigenvalue weighted by atomic mass is 9.89. The summed E-state index contributed by atoms with van der Waals surface area (Å²) in [7, 11) is 1.28. The lowest BCUT2D eigenvalue weighted by Crippen LogP contribution is -2.52. The van der Waals surface area contributed by atoms with Gasteiger partial charge in [0.2, 0.25) is 5.91 Å². The van der Waals surface area contributed by atoms with Crippen molar-refractivity contribution in [1.29, 1.82) is 0 Å². The van der Waals surface area contributed by atoms with E-state index in [0.29, 0.717) is 29.7 Å². The average Bonchev–Trinajstić information content (AvgIpc) is 2.85. The number of alkyl halides is 6. The van der Waals surface area contributed by atoms with Crippen molar-refractivity contribution in [3.05, 3.63) is 70.0 Å². The number of carbonyl (C=O) groups excluding carboxylic acids is 2. The van der Waals surface area contributed by atoms with E-state index in [1.54, 1.807) is 6.92 Å². The van der Waals surface area contributed by atoms with Gasteiger partial charge in [-0.05, 0) is 80.6 Å². The Labute approximate surface area is 233 Å². The van der Waals surface area contributed by atoms with Gasteiger partial charge in [0.1, 0.15) is 5.82 Å². The fourth-order valence-corrected chi connectivity index (χ4v) is 5.00. The number of urea groups is 1. The molecule has 3 amide bonds. The highest BCUT2D eigenvalue weighted by Gasteiger charge is 2.39. The summed E-state index contributed by atoms with van der Waals surface area (Å²) in [4.78, 5) is 28.5. The molecule has 1 aliphatic rings. The molecule has 1 fully saturated rings. The van der Waals surface area contributed by atoms with Crippen LogP contribution < -0.4 is 5.32 Å². The Hall–Kier alpha value is -3.35. The van der Waals surface area contributed by atoms with E-state index in [1.165, 1.54) is 44.0 Å². The number of amides is 3. The van der Waals surface area contributed by atoms with Gasteiger partial charge in [-0.25, -0.2) is 9.18 Å². The Kier molecular flexibility index (Phi) is 9.62. The SMILES string of the molecule is Cc1cc(F)ccc1[C@H]1C[C@@H](NC(=O)C[C@@H](C)O)CCN1C(=O)N(C)[C@@H](C)c1cc(C(F)(F)F)cc(C(F)(F)F)c1. The van der Waals surface area contributed by atoms with Crippen LogP contribution in [0.4, 0.5) is 35.5 Å². The van der Waals surface area contributed by atoms with E-state index in [4.69, 9.17) is 0 Å². The number of aliphatic hydroxyl groups excluding tert-OH is 1. The molecule has 1 saturated heterocycles. The molecule has 6 nitrogen and oxygen atoms in total. The van der Waals surface area contributed by atoms with Crippen molar-refractivity contribution in [2.24, 2.45) is 0 Å². The van der Waals surface area contributed by atoms with Crippen LogP contribution in [-0.2, 0) is 17.1 Å². The minimum Gasteiger partial charge on any atom is -0.393 e. The molecule has 1 aliphatic heterocycles. The van der Waals surface area contributed by atoms with E-state index >= 15 is 0 Å². The van der Waals surface area contributed by atoms with Crippen LogP contribution in [0.2, 0.25) is 0 Å². The van der Waals surface area contributed by atoms with Crippen molar-refractivity contribution in [3.63, 3.8) is 0 Å². The number of likely N-dealkylation sites (tertiary alicyclic amines) is 1. The van der Waals surface area contributed by atoms with E-state index in [2.05, 4.69) is 5.32 Å². The van der Waals surface area contributed by atoms with Crippen molar-refractivity contribution in [2.45, 2.75) is 76.6 Å². The smallest absolute Gasteiger partial charge is 0.393 e. The van der Waals surface area contributed by atoms with E-state index in [-0.39, 0.29) is 31.0 Å². The largest absolute Gasteiger partial charge is 0.416 e. The highest BCUT2D eigenvalue weighted by Crippen LogP contribution is 2.39. The molecule has 0 spiro atoms. The third-order valence-corrected chi connectivity index (χ3v) is 7.26. The second kappa shape index (κ2) is 12.3. The average molecular weight is 592 g/mol. The van der Waals surface area contributed by atoms with Crippen molar-refractivity contribution >= 4 is 11.9 Å². The van der Waals surface area contributed by atoms with Gasteiger partial charge in [-0.3, -0.25) is 4.79 Å². The molecule has 0 radical (unpaired) electrons. The first-order valence-electron chi connectivity index (χ1n) is 12.9. The number of halogens is 7. The predicted molar refractivity (Wildman–Crippen MR) is 136 cm³/mol. The number of hydrogen-bond donors (Lipinski definition) is 2. The molecule has 226 valence electrons. The third-order valence-electron chi connectivity index (χ3n) is 7.26. The number of aliphatic hydroxyl groups is 1. The van der Waals surface area contributed by atoms with Crippen LogP contribution in [0.3, 0.4) is 0 Å². The summed E-state index contributed by atoms with van der Waals surface area (Å²) < 4.78 is 94.4. The molecule has 3 rings (SSSR count). The molecule has 2 N–H and O–H groups in total. The molecule has 1 heterocycles. The first-order valence-corrected chi connectivity index (χ1v) is 12.9. The van der Waals surface area contributed by atoms with Crippen molar-refractivity contribution in [3.8, 4) is 0 Å². The summed E-state index contributed by atoms with van der Waals surface area (Å²) in [5, 5.41) is 12.3. The topological polar surface area (TPSA) is 72.9 Å². The van der Waals surface area contributed by atoms with Crippen LogP contribution in [0.1, 0.15) is 73.0 Å². The number of piperidine rings is 1. The summed E-state index contributed by atoms with van der Waals surface area (Å²) in [5.74, 6) is -0.896. The Morgan fingerprint density at radius 3 is 2.15 bits per heavy atom. The van der Waals surface area contributed by atoms with Crippen molar-refractivity contribution in [1.82, 2.24) is 15.1 Å². The van der Waals surface area contributed by atoms with Crippen LogP contribution in [0.25, 0.3) is 0 Å². The summed E-state index contributed by atoms with van der Waals surface area (Å²) in [6.07, 6.45) is -10.6. The Bertz CT molecular complexity index is 1230. The summed E-state index contributed by atoms with van der Waals surface area (Å²) in [6.45, 7) is 4.52. The number of nitrogens with zero attached hydrogens (tertiary/aromatic N) is 2. The van der Waals surface area contributed by atoms with E-state index < -0.39 is 65.5 Å².